The van der Waals surface area contributed by atoms with E-state index in [1.807, 2.05) is 18.3 Å². The summed E-state index contributed by atoms with van der Waals surface area (Å²) in [6, 6.07) is 5.50. The fraction of sp³-hybridized carbons (Fsp3) is 0.357. The van der Waals surface area contributed by atoms with Gasteiger partial charge in [0.15, 0.2) is 5.43 Å². The first-order valence-corrected chi connectivity index (χ1v) is 6.28. The fourth-order valence-electron chi connectivity index (χ4n) is 2.59. The molecule has 94 valence electrons. The van der Waals surface area contributed by atoms with Gasteiger partial charge in [-0.15, -0.1) is 0 Å². The first-order valence-electron chi connectivity index (χ1n) is 6.28. The molecule has 0 spiro atoms. The number of benzene rings is 1. The molecule has 4 heteroatoms. The Morgan fingerprint density at radius 3 is 3.11 bits per heavy atom. The highest BCUT2D eigenvalue weighted by molar-refractivity contribution is 5.84. The first-order chi connectivity index (χ1) is 8.79. The highest BCUT2D eigenvalue weighted by Crippen LogP contribution is 2.27. The Bertz CT molecular complexity index is 646. The van der Waals surface area contributed by atoms with Crippen LogP contribution in [0.25, 0.3) is 10.9 Å². The average Bonchev–Trinajstić information content (AvgIpc) is 2.40. The third-order valence-corrected chi connectivity index (χ3v) is 3.35. The number of hydrogen-bond acceptors (Lipinski definition) is 3. The molecule has 0 saturated heterocycles. The summed E-state index contributed by atoms with van der Waals surface area (Å²) in [4.78, 5) is 12.0. The Morgan fingerprint density at radius 2 is 2.28 bits per heavy atom. The molecule has 1 aromatic carbocycles. The van der Waals surface area contributed by atoms with Crippen molar-refractivity contribution in [2.45, 2.75) is 19.4 Å². The molecule has 0 amide bonds. The minimum Gasteiger partial charge on any atom is -0.492 e. The van der Waals surface area contributed by atoms with Crippen LogP contribution < -0.4 is 15.9 Å². The highest BCUT2D eigenvalue weighted by atomic mass is 16.5. The zero-order valence-electron chi connectivity index (χ0n) is 10.2. The molecule has 1 aromatic heterocycles. The van der Waals surface area contributed by atoms with Crippen LogP contribution in [0, 0.1) is 0 Å². The maximum Gasteiger partial charge on any atom is 0.189 e. The third kappa shape index (κ3) is 1.78. The van der Waals surface area contributed by atoms with Gasteiger partial charge in [0.25, 0.3) is 0 Å². The number of aromatic nitrogens is 1. The smallest absolute Gasteiger partial charge is 0.189 e. The van der Waals surface area contributed by atoms with E-state index in [1.54, 1.807) is 6.07 Å². The average molecular weight is 244 g/mol. The van der Waals surface area contributed by atoms with Crippen LogP contribution in [0.5, 0.6) is 5.75 Å². The van der Waals surface area contributed by atoms with Crippen molar-refractivity contribution in [3.05, 3.63) is 40.2 Å². The van der Waals surface area contributed by atoms with Crippen LogP contribution in [0.3, 0.4) is 0 Å². The largest absolute Gasteiger partial charge is 0.492 e. The van der Waals surface area contributed by atoms with Crippen LogP contribution >= 0.6 is 0 Å². The van der Waals surface area contributed by atoms with Gasteiger partial charge in [-0.05, 0) is 30.5 Å². The Balaban J connectivity index is 2.22. The van der Waals surface area contributed by atoms with Gasteiger partial charge in [-0.2, -0.15) is 0 Å². The number of aryl methyl sites for hydroxylation is 2. The van der Waals surface area contributed by atoms with E-state index in [-0.39, 0.29) is 5.43 Å². The second-order valence-corrected chi connectivity index (χ2v) is 4.59. The summed E-state index contributed by atoms with van der Waals surface area (Å²) < 4.78 is 7.71. The third-order valence-electron chi connectivity index (χ3n) is 3.35. The minimum absolute atomic E-state index is 0.0580. The standard InChI is InChI=1S/C14H16N2O2/c15-4-7-18-11-8-10-2-1-5-16-6-3-13(17)12(9-11)14(10)16/h3,6,8-9H,1-2,4-5,7,15H2. The van der Waals surface area contributed by atoms with E-state index < -0.39 is 0 Å². The molecular formula is C14H16N2O2. The number of nitrogens with zero attached hydrogens (tertiary/aromatic N) is 1. The Kier molecular flexibility index (Phi) is 2.80. The molecule has 0 unspecified atom stereocenters. The van der Waals surface area contributed by atoms with E-state index in [2.05, 4.69) is 4.57 Å². The van der Waals surface area contributed by atoms with E-state index in [9.17, 15) is 4.79 Å². The van der Waals surface area contributed by atoms with E-state index in [4.69, 9.17) is 10.5 Å². The van der Waals surface area contributed by atoms with Crippen molar-refractivity contribution in [1.82, 2.24) is 4.57 Å². The predicted molar refractivity (Wildman–Crippen MR) is 71.1 cm³/mol. The molecule has 2 heterocycles. The summed E-state index contributed by atoms with van der Waals surface area (Å²) in [5.74, 6) is 0.750. The first kappa shape index (κ1) is 11.3. The topological polar surface area (TPSA) is 57.2 Å². The van der Waals surface area contributed by atoms with Crippen LogP contribution in [-0.4, -0.2) is 17.7 Å². The lowest BCUT2D eigenvalue weighted by Gasteiger charge is -2.20. The molecule has 0 radical (unpaired) electrons. The summed E-state index contributed by atoms with van der Waals surface area (Å²) in [5.41, 5.74) is 7.75. The molecule has 0 aliphatic carbocycles. The molecule has 0 fully saturated rings. The van der Waals surface area contributed by atoms with Gasteiger partial charge in [0.2, 0.25) is 0 Å². The predicted octanol–water partition coefficient (Wildman–Crippen LogP) is 1.29. The van der Waals surface area contributed by atoms with Gasteiger partial charge >= 0.3 is 0 Å². The van der Waals surface area contributed by atoms with Gasteiger partial charge in [0.05, 0.1) is 5.52 Å². The van der Waals surface area contributed by atoms with Crippen molar-refractivity contribution in [3.8, 4) is 5.75 Å². The number of ether oxygens (including phenoxy) is 1. The summed E-state index contributed by atoms with van der Waals surface area (Å²) in [5, 5.41) is 0.752. The van der Waals surface area contributed by atoms with E-state index in [1.165, 1.54) is 5.56 Å². The molecule has 0 bridgehead atoms. The van der Waals surface area contributed by atoms with Crippen molar-refractivity contribution in [3.63, 3.8) is 0 Å². The SMILES string of the molecule is NCCOc1cc2c3c(c1)c(=O)ccn3CCC2. The lowest BCUT2D eigenvalue weighted by atomic mass is 10.0. The van der Waals surface area contributed by atoms with Gasteiger partial charge in [-0.1, -0.05) is 0 Å². The number of hydrogen-bond donors (Lipinski definition) is 1. The lowest BCUT2D eigenvalue weighted by Crippen LogP contribution is -2.16. The van der Waals surface area contributed by atoms with E-state index in [0.29, 0.717) is 13.2 Å². The van der Waals surface area contributed by atoms with Crippen LogP contribution in [0.1, 0.15) is 12.0 Å². The van der Waals surface area contributed by atoms with Crippen molar-refractivity contribution in [2.24, 2.45) is 5.73 Å². The van der Waals surface area contributed by atoms with Crippen LogP contribution in [0.4, 0.5) is 0 Å². The molecule has 1 aliphatic rings. The van der Waals surface area contributed by atoms with Gasteiger partial charge < -0.3 is 15.0 Å². The lowest BCUT2D eigenvalue weighted by molar-refractivity contribution is 0.328. The summed E-state index contributed by atoms with van der Waals surface area (Å²) >= 11 is 0. The molecule has 0 atom stereocenters. The maximum atomic E-state index is 12.0. The monoisotopic (exact) mass is 244 g/mol. The van der Waals surface area contributed by atoms with Gasteiger partial charge in [-0.25, -0.2) is 0 Å². The van der Waals surface area contributed by atoms with E-state index >= 15 is 0 Å². The summed E-state index contributed by atoms with van der Waals surface area (Å²) in [6.45, 7) is 1.94. The van der Waals surface area contributed by atoms with Gasteiger partial charge in [-0.3, -0.25) is 4.79 Å². The molecule has 4 nitrogen and oxygen atoms in total. The minimum atomic E-state index is 0.0580. The zero-order valence-corrected chi connectivity index (χ0v) is 10.2. The van der Waals surface area contributed by atoms with Crippen LogP contribution in [0.2, 0.25) is 0 Å². The fourth-order valence-corrected chi connectivity index (χ4v) is 2.59. The molecule has 0 saturated carbocycles. The van der Waals surface area contributed by atoms with E-state index in [0.717, 1.165) is 36.0 Å². The number of rotatable bonds is 3. The zero-order chi connectivity index (χ0) is 12.5. The second kappa shape index (κ2) is 4.46. The Hall–Kier alpha value is -1.81. The van der Waals surface area contributed by atoms with Crippen molar-refractivity contribution < 1.29 is 4.74 Å². The second-order valence-electron chi connectivity index (χ2n) is 4.59. The molecular weight excluding hydrogens is 228 g/mol. The van der Waals surface area contributed by atoms with Crippen molar-refractivity contribution >= 4 is 10.9 Å². The van der Waals surface area contributed by atoms with Crippen LogP contribution in [0.15, 0.2) is 29.2 Å². The maximum absolute atomic E-state index is 12.0. The Morgan fingerprint density at radius 1 is 1.39 bits per heavy atom. The number of pyridine rings is 1. The highest BCUT2D eigenvalue weighted by Gasteiger charge is 2.14. The molecule has 3 rings (SSSR count). The summed E-state index contributed by atoms with van der Waals surface area (Å²) in [7, 11) is 0. The molecule has 18 heavy (non-hydrogen) atoms. The van der Waals surface area contributed by atoms with Crippen molar-refractivity contribution in [1.29, 1.82) is 0 Å². The normalized spacial score (nSPS) is 13.8. The molecule has 2 N–H and O–H groups in total. The molecule has 2 aromatic rings. The Labute approximate surface area is 105 Å². The molecule has 1 aliphatic heterocycles. The van der Waals surface area contributed by atoms with Crippen LogP contribution in [-0.2, 0) is 13.0 Å². The number of nitrogens with two attached hydrogens (primary N) is 1. The van der Waals surface area contributed by atoms with Gasteiger partial charge in [0.1, 0.15) is 12.4 Å². The summed E-state index contributed by atoms with van der Waals surface area (Å²) in [6.07, 6.45) is 3.98. The van der Waals surface area contributed by atoms with Gasteiger partial charge in [0, 0.05) is 30.7 Å². The quantitative estimate of drug-likeness (QED) is 0.885. The van der Waals surface area contributed by atoms with Crippen molar-refractivity contribution in [2.75, 3.05) is 13.2 Å².